The van der Waals surface area contributed by atoms with Crippen molar-refractivity contribution in [2.75, 3.05) is 6.61 Å². The van der Waals surface area contributed by atoms with Gasteiger partial charge in [0, 0.05) is 0 Å². The highest BCUT2D eigenvalue weighted by Gasteiger charge is 2.13. The molecule has 0 radical (unpaired) electrons. The van der Waals surface area contributed by atoms with Crippen molar-refractivity contribution in [2.24, 2.45) is 0 Å². The molecule has 0 spiro atoms. The van der Waals surface area contributed by atoms with Gasteiger partial charge in [-0.15, -0.1) is 0 Å². The molecule has 25 heavy (non-hydrogen) atoms. The van der Waals surface area contributed by atoms with Gasteiger partial charge in [-0.1, -0.05) is 49.4 Å². The molecule has 128 valence electrons. The highest BCUT2D eigenvalue weighted by Crippen LogP contribution is 2.16. The third-order valence-corrected chi connectivity index (χ3v) is 3.68. The lowest BCUT2D eigenvalue weighted by molar-refractivity contribution is -0.117. The van der Waals surface area contributed by atoms with Crippen molar-refractivity contribution in [2.45, 2.75) is 26.3 Å². The van der Waals surface area contributed by atoms with Gasteiger partial charge < -0.3 is 10.1 Å². The second kappa shape index (κ2) is 9.29. The minimum absolute atomic E-state index is 0.0741. The molecular weight excluding hydrogens is 312 g/mol. The van der Waals surface area contributed by atoms with Crippen LogP contribution in [0.25, 0.3) is 6.08 Å². The fraction of sp³-hybridized carbons (Fsp3) is 0.238. The van der Waals surface area contributed by atoms with Gasteiger partial charge >= 0.3 is 0 Å². The summed E-state index contributed by atoms with van der Waals surface area (Å²) in [4.78, 5) is 12.3. The summed E-state index contributed by atoms with van der Waals surface area (Å²) in [6, 6.07) is 18.8. The molecule has 4 nitrogen and oxygen atoms in total. The molecule has 0 unspecified atom stereocenters. The van der Waals surface area contributed by atoms with Gasteiger partial charge in [-0.3, -0.25) is 4.79 Å². The fourth-order valence-electron chi connectivity index (χ4n) is 2.29. The molecule has 1 atom stereocenters. The number of carbonyl (C=O) groups excluding carboxylic acids is 1. The van der Waals surface area contributed by atoms with E-state index in [-0.39, 0.29) is 17.5 Å². The lowest BCUT2D eigenvalue weighted by Crippen LogP contribution is -2.27. The molecule has 0 aliphatic carbocycles. The Morgan fingerprint density at radius 2 is 1.88 bits per heavy atom. The fourth-order valence-corrected chi connectivity index (χ4v) is 2.29. The first-order valence-electron chi connectivity index (χ1n) is 8.34. The third-order valence-electron chi connectivity index (χ3n) is 3.68. The normalized spacial score (nSPS) is 12.1. The number of nitriles is 1. The largest absolute Gasteiger partial charge is 0.494 e. The van der Waals surface area contributed by atoms with Crippen molar-refractivity contribution in [1.29, 1.82) is 5.26 Å². The summed E-state index contributed by atoms with van der Waals surface area (Å²) in [5, 5.41) is 12.2. The van der Waals surface area contributed by atoms with Gasteiger partial charge in [0.15, 0.2) is 0 Å². The zero-order chi connectivity index (χ0) is 18.1. The maximum Gasteiger partial charge on any atom is 0.262 e. The number of hydrogen-bond donors (Lipinski definition) is 1. The smallest absolute Gasteiger partial charge is 0.262 e. The van der Waals surface area contributed by atoms with E-state index in [2.05, 4.69) is 5.32 Å². The number of nitrogens with zero attached hydrogens (tertiary/aromatic N) is 1. The summed E-state index contributed by atoms with van der Waals surface area (Å²) < 4.78 is 5.53. The SMILES string of the molecule is CCCOc1ccc(/C=C(\C#N)C(=O)N[C@H](C)c2ccccc2)cc1. The maximum absolute atomic E-state index is 12.3. The topological polar surface area (TPSA) is 62.1 Å². The van der Waals surface area contributed by atoms with Crippen LogP contribution in [0.15, 0.2) is 60.2 Å². The van der Waals surface area contributed by atoms with Gasteiger partial charge in [-0.2, -0.15) is 5.26 Å². The Kier molecular flexibility index (Phi) is 6.79. The van der Waals surface area contributed by atoms with Crippen molar-refractivity contribution in [3.63, 3.8) is 0 Å². The zero-order valence-electron chi connectivity index (χ0n) is 14.5. The van der Waals surface area contributed by atoms with E-state index >= 15 is 0 Å². The third kappa shape index (κ3) is 5.50. The van der Waals surface area contributed by atoms with Crippen molar-refractivity contribution >= 4 is 12.0 Å². The average Bonchev–Trinajstić information content (AvgIpc) is 2.65. The number of carbonyl (C=O) groups is 1. The molecule has 0 aliphatic heterocycles. The van der Waals surface area contributed by atoms with Crippen LogP contribution in [0.5, 0.6) is 5.75 Å². The van der Waals surface area contributed by atoms with Gasteiger partial charge in [-0.05, 0) is 42.7 Å². The lowest BCUT2D eigenvalue weighted by atomic mass is 10.1. The van der Waals surface area contributed by atoms with Crippen LogP contribution < -0.4 is 10.1 Å². The van der Waals surface area contributed by atoms with E-state index < -0.39 is 0 Å². The predicted molar refractivity (Wildman–Crippen MR) is 98.8 cm³/mol. The number of rotatable bonds is 7. The van der Waals surface area contributed by atoms with E-state index in [9.17, 15) is 10.1 Å². The molecule has 1 amide bonds. The molecule has 0 bridgehead atoms. The summed E-state index contributed by atoms with van der Waals surface area (Å²) in [5.41, 5.74) is 1.85. The number of nitrogens with one attached hydrogen (secondary N) is 1. The quantitative estimate of drug-likeness (QED) is 0.608. The second-order valence-corrected chi connectivity index (χ2v) is 5.69. The van der Waals surface area contributed by atoms with Crippen molar-refractivity contribution in [3.8, 4) is 11.8 Å². The first kappa shape index (κ1) is 18.3. The number of hydrogen-bond acceptors (Lipinski definition) is 3. The van der Waals surface area contributed by atoms with Crippen LogP contribution in [0.2, 0.25) is 0 Å². The number of ether oxygens (including phenoxy) is 1. The van der Waals surface area contributed by atoms with Crippen LogP contribution >= 0.6 is 0 Å². The number of amides is 1. The monoisotopic (exact) mass is 334 g/mol. The zero-order valence-corrected chi connectivity index (χ0v) is 14.5. The van der Waals surface area contributed by atoms with Crippen LogP contribution in [0.1, 0.15) is 37.4 Å². The Bertz CT molecular complexity index is 759. The first-order valence-corrected chi connectivity index (χ1v) is 8.34. The van der Waals surface area contributed by atoms with E-state index in [1.54, 1.807) is 6.08 Å². The van der Waals surface area contributed by atoms with E-state index in [1.165, 1.54) is 0 Å². The highest BCUT2D eigenvalue weighted by molar-refractivity contribution is 6.01. The van der Waals surface area contributed by atoms with Crippen molar-refractivity contribution < 1.29 is 9.53 Å². The molecule has 0 fully saturated rings. The van der Waals surface area contributed by atoms with Crippen LogP contribution in [0.3, 0.4) is 0 Å². The summed E-state index contributed by atoms with van der Waals surface area (Å²) in [6.45, 7) is 4.60. The Hall–Kier alpha value is -3.06. The maximum atomic E-state index is 12.3. The van der Waals surface area contributed by atoms with Gasteiger partial charge in [0.2, 0.25) is 0 Å². The number of benzene rings is 2. The summed E-state index contributed by atoms with van der Waals surface area (Å²) in [6.07, 6.45) is 2.52. The standard InChI is InChI=1S/C21H22N2O2/c1-3-13-25-20-11-9-17(10-12-20)14-19(15-22)21(24)23-16(2)18-7-5-4-6-8-18/h4-12,14,16H,3,13H2,1-2H3,(H,23,24)/b19-14+/t16-/m1/s1. The summed E-state index contributed by atoms with van der Waals surface area (Å²) in [7, 11) is 0. The van der Waals surface area contributed by atoms with E-state index in [4.69, 9.17) is 4.74 Å². The molecule has 0 heterocycles. The van der Waals surface area contributed by atoms with Gasteiger partial charge in [0.1, 0.15) is 17.4 Å². The molecule has 2 rings (SSSR count). The molecule has 0 aliphatic rings. The first-order chi connectivity index (χ1) is 12.1. The summed E-state index contributed by atoms with van der Waals surface area (Å²) in [5.74, 6) is 0.393. The Balaban J connectivity index is 2.06. The predicted octanol–water partition coefficient (Wildman–Crippen LogP) is 4.26. The van der Waals surface area contributed by atoms with Gasteiger partial charge in [-0.25, -0.2) is 0 Å². The molecule has 0 aromatic heterocycles. The molecule has 4 heteroatoms. The average molecular weight is 334 g/mol. The van der Waals surface area contributed by atoms with Crippen LogP contribution in [-0.4, -0.2) is 12.5 Å². The van der Waals surface area contributed by atoms with Gasteiger partial charge in [0.05, 0.1) is 12.6 Å². The van der Waals surface area contributed by atoms with E-state index in [0.29, 0.717) is 6.61 Å². The van der Waals surface area contributed by atoms with E-state index in [0.717, 1.165) is 23.3 Å². The van der Waals surface area contributed by atoms with Gasteiger partial charge in [0.25, 0.3) is 5.91 Å². The Morgan fingerprint density at radius 3 is 2.48 bits per heavy atom. The molecule has 2 aromatic rings. The molecule has 0 saturated carbocycles. The Morgan fingerprint density at radius 1 is 1.20 bits per heavy atom. The molecule has 0 saturated heterocycles. The highest BCUT2D eigenvalue weighted by atomic mass is 16.5. The molecule has 1 N–H and O–H groups in total. The minimum atomic E-state index is -0.384. The molecular formula is C21H22N2O2. The summed E-state index contributed by atoms with van der Waals surface area (Å²) >= 11 is 0. The minimum Gasteiger partial charge on any atom is -0.494 e. The lowest BCUT2D eigenvalue weighted by Gasteiger charge is -2.13. The van der Waals surface area contributed by atoms with Crippen LogP contribution in [0.4, 0.5) is 0 Å². The van der Waals surface area contributed by atoms with Crippen LogP contribution in [0, 0.1) is 11.3 Å². The van der Waals surface area contributed by atoms with Crippen molar-refractivity contribution in [3.05, 3.63) is 71.3 Å². The van der Waals surface area contributed by atoms with E-state index in [1.807, 2.05) is 74.5 Å². The molecule has 2 aromatic carbocycles. The second-order valence-electron chi connectivity index (χ2n) is 5.69. The van der Waals surface area contributed by atoms with Crippen molar-refractivity contribution in [1.82, 2.24) is 5.32 Å². The Labute approximate surface area is 148 Å². The van der Waals surface area contributed by atoms with Crippen LogP contribution in [-0.2, 0) is 4.79 Å².